The molecule has 6 rings (SSSR count). The summed E-state index contributed by atoms with van der Waals surface area (Å²) in [4.78, 5) is 51.9. The van der Waals surface area contributed by atoms with Crippen molar-refractivity contribution in [2.24, 2.45) is 44.8 Å². The molecule has 1 heterocycles. The lowest BCUT2D eigenvalue weighted by Crippen LogP contribution is -2.65. The maximum Gasteiger partial charge on any atom is 0.466 e. The lowest BCUT2D eigenvalue weighted by Gasteiger charge is -2.69. The molecule has 254 valence electrons. The van der Waals surface area contributed by atoms with Crippen LogP contribution in [0.1, 0.15) is 106 Å². The standard InChI is InChI=1S/C36H48BNO9/c1-30(2)10-12-35(37-46-29(45)36(47-37,17-25(40)41)18-26(42)43)13-11-34(7)27(21(35)16-30)22(39)14-24-32(5)15-20(19-38)28(44)31(3,4)23(32)8-9-33(24,34)6/h14-15,21,23,27,29,45H,8-13,16-18H2,1-7H3,(H,40,41)(H,42,43)/t21-,23-,27-,29?,32-,33+,34+,35-/m0/s1. The van der Waals surface area contributed by atoms with Crippen LogP contribution in [0.15, 0.2) is 23.3 Å². The van der Waals surface area contributed by atoms with Crippen molar-refractivity contribution in [3.63, 3.8) is 0 Å². The maximum atomic E-state index is 14.8. The quantitative estimate of drug-likeness (QED) is 0.323. The Morgan fingerprint density at radius 1 is 0.979 bits per heavy atom. The number of nitriles is 1. The molecule has 0 aromatic rings. The first-order chi connectivity index (χ1) is 21.6. The number of carboxylic acids is 2. The zero-order valence-corrected chi connectivity index (χ0v) is 28.6. The summed E-state index contributed by atoms with van der Waals surface area (Å²) in [5.41, 5.74) is -3.26. The highest BCUT2D eigenvalue weighted by molar-refractivity contribution is 6.50. The molecule has 1 saturated heterocycles. The van der Waals surface area contributed by atoms with E-state index in [0.29, 0.717) is 25.7 Å². The molecule has 0 radical (unpaired) electrons. The van der Waals surface area contributed by atoms with Gasteiger partial charge in [-0.1, -0.05) is 60.1 Å². The monoisotopic (exact) mass is 649 g/mol. The van der Waals surface area contributed by atoms with Gasteiger partial charge in [0.2, 0.25) is 0 Å². The zero-order valence-electron chi connectivity index (χ0n) is 28.6. The number of Topliss-reactive ketones (excluding diaryl/α,β-unsaturated/α-hetero) is 1. The molecule has 0 bridgehead atoms. The van der Waals surface area contributed by atoms with Crippen LogP contribution in [0.2, 0.25) is 5.31 Å². The molecule has 0 aromatic heterocycles. The lowest BCUT2D eigenvalue weighted by molar-refractivity contribution is -0.160. The van der Waals surface area contributed by atoms with Crippen LogP contribution < -0.4 is 0 Å². The number of allylic oxidation sites excluding steroid dienone is 4. The summed E-state index contributed by atoms with van der Waals surface area (Å²) >= 11 is 0. The Kier molecular flexibility index (Phi) is 7.50. The fourth-order valence-electron chi connectivity index (χ4n) is 11.7. The van der Waals surface area contributed by atoms with E-state index < -0.39 is 76.7 Å². The molecular formula is C36H48BNO9. The summed E-state index contributed by atoms with van der Waals surface area (Å²) in [7, 11) is -1.08. The number of carbonyl (C=O) groups excluding carboxylic acids is 2. The summed E-state index contributed by atoms with van der Waals surface area (Å²) in [6.07, 6.45) is 5.31. The Balaban J connectivity index is 1.47. The van der Waals surface area contributed by atoms with Crippen LogP contribution in [0.3, 0.4) is 0 Å². The van der Waals surface area contributed by atoms with E-state index in [1.54, 1.807) is 0 Å². The fourth-order valence-corrected chi connectivity index (χ4v) is 11.7. The van der Waals surface area contributed by atoms with E-state index in [2.05, 4.69) is 40.7 Å². The van der Waals surface area contributed by atoms with Gasteiger partial charge < -0.3 is 24.6 Å². The molecule has 3 N–H and O–H groups in total. The Morgan fingerprint density at radius 3 is 2.19 bits per heavy atom. The van der Waals surface area contributed by atoms with Crippen molar-refractivity contribution in [3.05, 3.63) is 23.3 Å². The van der Waals surface area contributed by atoms with E-state index in [1.807, 2.05) is 26.0 Å². The highest BCUT2D eigenvalue weighted by Gasteiger charge is 2.73. The molecule has 0 amide bonds. The Hall–Kier alpha value is -2.81. The third kappa shape index (κ3) is 4.53. The number of fused-ring (bicyclic) bond motifs is 7. The predicted molar refractivity (Wildman–Crippen MR) is 170 cm³/mol. The van der Waals surface area contributed by atoms with Crippen molar-refractivity contribution in [2.45, 2.75) is 123 Å². The first-order valence-electron chi connectivity index (χ1n) is 17.0. The van der Waals surface area contributed by atoms with E-state index in [9.17, 15) is 39.8 Å². The average Bonchev–Trinajstić information content (AvgIpc) is 3.26. The summed E-state index contributed by atoms with van der Waals surface area (Å²) in [6.45, 7) is 14.8. The molecule has 0 aromatic carbocycles. The smallest absolute Gasteiger partial charge is 0.466 e. The summed E-state index contributed by atoms with van der Waals surface area (Å²) in [5, 5.41) is 39.7. The Labute approximate surface area is 277 Å². The molecule has 47 heavy (non-hydrogen) atoms. The number of rotatable bonds is 5. The van der Waals surface area contributed by atoms with Crippen LogP contribution in [-0.2, 0) is 28.5 Å². The van der Waals surface area contributed by atoms with Gasteiger partial charge in [0.15, 0.2) is 17.9 Å². The van der Waals surface area contributed by atoms with Gasteiger partial charge in [0.25, 0.3) is 0 Å². The first kappa shape index (κ1) is 34.1. The number of aliphatic carboxylic acids is 2. The number of hydrogen-bond acceptors (Lipinski definition) is 8. The topological polar surface area (TPSA) is 171 Å². The van der Waals surface area contributed by atoms with Gasteiger partial charge in [-0.15, -0.1) is 0 Å². The van der Waals surface area contributed by atoms with Gasteiger partial charge in [-0.05, 0) is 79.1 Å². The van der Waals surface area contributed by atoms with Crippen LogP contribution >= 0.6 is 0 Å². The van der Waals surface area contributed by atoms with E-state index in [4.69, 9.17) is 9.31 Å². The van der Waals surface area contributed by atoms with Gasteiger partial charge >= 0.3 is 19.1 Å². The number of carbonyl (C=O) groups is 4. The average molecular weight is 650 g/mol. The Morgan fingerprint density at radius 2 is 1.60 bits per heavy atom. The van der Waals surface area contributed by atoms with Crippen molar-refractivity contribution in [2.75, 3.05) is 0 Å². The van der Waals surface area contributed by atoms with Crippen molar-refractivity contribution in [3.8, 4) is 6.07 Å². The highest BCUT2D eigenvalue weighted by atomic mass is 16.7. The van der Waals surface area contributed by atoms with Gasteiger partial charge in [0, 0.05) is 22.1 Å². The van der Waals surface area contributed by atoms with Crippen LogP contribution in [0.5, 0.6) is 0 Å². The summed E-state index contributed by atoms with van der Waals surface area (Å²) in [6, 6.07) is 2.15. The number of carboxylic acid groups (broad SMARTS) is 2. The second-order valence-electron chi connectivity index (χ2n) is 17.6. The molecule has 11 heteroatoms. The van der Waals surface area contributed by atoms with Crippen LogP contribution in [-0.4, -0.2) is 57.8 Å². The Bertz CT molecular complexity index is 1540. The molecule has 1 unspecified atom stereocenters. The van der Waals surface area contributed by atoms with Crippen LogP contribution in [0.4, 0.5) is 0 Å². The van der Waals surface area contributed by atoms with E-state index in [1.165, 1.54) is 0 Å². The highest BCUT2D eigenvalue weighted by Crippen LogP contribution is 2.76. The minimum absolute atomic E-state index is 0.00359. The van der Waals surface area contributed by atoms with Gasteiger partial charge in [0.1, 0.15) is 11.7 Å². The van der Waals surface area contributed by atoms with Crippen LogP contribution in [0.25, 0.3) is 0 Å². The number of nitrogens with zero attached hydrogens (tertiary/aromatic N) is 1. The third-order valence-corrected chi connectivity index (χ3v) is 14.3. The maximum absolute atomic E-state index is 14.8. The molecule has 8 atom stereocenters. The molecule has 0 spiro atoms. The van der Waals surface area contributed by atoms with E-state index in [0.717, 1.165) is 24.8 Å². The third-order valence-electron chi connectivity index (χ3n) is 14.3. The SMILES string of the molecule is CC1(C)CC[C@]2(B3OC(O)C(CC(=O)O)(CC(=O)O)O3)CC[C@]3(C)[C@H](C(=O)C=C4[C@@]5(C)C=C(C#N)C(=O)C(C)(C)[C@@H]5CC[C@]43C)[C@@H]2C1. The molecule has 1 aliphatic heterocycles. The van der Waals surface area contributed by atoms with Gasteiger partial charge in [-0.25, -0.2) is 0 Å². The van der Waals surface area contributed by atoms with Gasteiger partial charge in [0.05, 0.1) is 18.4 Å². The lowest BCUT2D eigenvalue weighted by atomic mass is 9.30. The van der Waals surface area contributed by atoms with Crippen molar-refractivity contribution in [1.29, 1.82) is 5.26 Å². The molecule has 10 nitrogen and oxygen atoms in total. The fraction of sp³-hybridized carbons (Fsp3) is 0.750. The largest absolute Gasteiger partial charge is 0.481 e. The summed E-state index contributed by atoms with van der Waals surface area (Å²) < 4.78 is 12.4. The zero-order chi connectivity index (χ0) is 34.8. The minimum Gasteiger partial charge on any atom is -0.481 e. The van der Waals surface area contributed by atoms with Crippen LogP contribution in [0, 0.1) is 56.2 Å². The molecule has 3 saturated carbocycles. The van der Waals surface area contributed by atoms with Crippen molar-refractivity contribution in [1.82, 2.24) is 0 Å². The first-order valence-corrected chi connectivity index (χ1v) is 17.0. The molecule has 4 fully saturated rings. The van der Waals surface area contributed by atoms with Crippen molar-refractivity contribution >= 4 is 30.6 Å². The minimum atomic E-state index is -1.95. The summed E-state index contributed by atoms with van der Waals surface area (Å²) in [5.74, 6) is -3.50. The van der Waals surface area contributed by atoms with E-state index >= 15 is 0 Å². The number of hydrogen-bond donors (Lipinski definition) is 3. The second-order valence-corrected chi connectivity index (χ2v) is 17.6. The second kappa shape index (κ2) is 10.4. The van der Waals surface area contributed by atoms with E-state index in [-0.39, 0.29) is 34.4 Å². The normalized spacial score (nSPS) is 42.9. The molecule has 5 aliphatic carbocycles. The number of aliphatic hydroxyl groups is 1. The number of aliphatic hydroxyl groups excluding tert-OH is 1. The van der Waals surface area contributed by atoms with Crippen molar-refractivity contribution < 1.29 is 43.8 Å². The predicted octanol–water partition coefficient (Wildman–Crippen LogP) is 5.50. The molecule has 6 aliphatic rings. The van der Waals surface area contributed by atoms with Gasteiger partial charge in [-0.3, -0.25) is 19.2 Å². The molecular weight excluding hydrogens is 601 g/mol. The van der Waals surface area contributed by atoms with Gasteiger partial charge in [-0.2, -0.15) is 5.26 Å². The number of ketones is 2.